The van der Waals surface area contributed by atoms with Gasteiger partial charge in [-0.3, -0.25) is 4.79 Å². The smallest absolute Gasteiger partial charge is 0.225 e. The molecule has 1 saturated heterocycles. The van der Waals surface area contributed by atoms with Crippen LogP contribution in [-0.4, -0.2) is 29.9 Å². The molecule has 3 nitrogen and oxygen atoms in total. The molecule has 94 valence electrons. The topological polar surface area (TPSA) is 46.3 Å². The minimum atomic E-state index is 0.0946. The first kappa shape index (κ1) is 13.5. The minimum Gasteiger partial charge on any atom is -0.341 e. The van der Waals surface area contributed by atoms with E-state index in [1.54, 1.807) is 0 Å². The van der Waals surface area contributed by atoms with E-state index in [0.29, 0.717) is 5.92 Å². The Kier molecular flexibility index (Phi) is 5.26. The first-order chi connectivity index (χ1) is 7.54. The molecule has 0 aromatic heterocycles. The lowest BCUT2D eigenvalue weighted by molar-refractivity contribution is -0.136. The van der Waals surface area contributed by atoms with Gasteiger partial charge >= 0.3 is 0 Å². The Morgan fingerprint density at radius 2 is 2.12 bits per heavy atom. The second-order valence-electron chi connectivity index (χ2n) is 5.40. The lowest BCUT2D eigenvalue weighted by Crippen LogP contribution is -2.50. The first-order valence-corrected chi connectivity index (χ1v) is 6.59. The van der Waals surface area contributed by atoms with Crippen LogP contribution in [0, 0.1) is 11.8 Å². The Bertz CT molecular complexity index is 228. The van der Waals surface area contributed by atoms with Crippen LogP contribution in [0.1, 0.15) is 46.5 Å². The number of hydrogen-bond donors (Lipinski definition) is 1. The van der Waals surface area contributed by atoms with Crippen LogP contribution < -0.4 is 5.73 Å². The molecule has 1 rings (SSSR count). The van der Waals surface area contributed by atoms with Crippen molar-refractivity contribution in [3.8, 4) is 0 Å². The molecule has 0 saturated carbocycles. The van der Waals surface area contributed by atoms with Crippen LogP contribution in [0.5, 0.6) is 0 Å². The fourth-order valence-corrected chi connectivity index (χ4v) is 2.49. The summed E-state index contributed by atoms with van der Waals surface area (Å²) in [6.07, 6.45) is 4.78. The molecule has 0 spiro atoms. The van der Waals surface area contributed by atoms with E-state index in [4.69, 9.17) is 5.73 Å². The zero-order valence-corrected chi connectivity index (χ0v) is 10.9. The molecule has 0 bridgehead atoms. The van der Waals surface area contributed by atoms with Crippen LogP contribution in [0.2, 0.25) is 0 Å². The highest BCUT2D eigenvalue weighted by atomic mass is 16.2. The molecule has 1 amide bonds. The van der Waals surface area contributed by atoms with Gasteiger partial charge in [0.05, 0.1) is 0 Å². The van der Waals surface area contributed by atoms with Crippen LogP contribution in [0.3, 0.4) is 0 Å². The highest BCUT2D eigenvalue weighted by Gasteiger charge is 2.28. The summed E-state index contributed by atoms with van der Waals surface area (Å²) in [6.45, 7) is 7.80. The van der Waals surface area contributed by atoms with Crippen LogP contribution in [0.25, 0.3) is 0 Å². The molecule has 16 heavy (non-hydrogen) atoms. The Hall–Kier alpha value is -0.570. The first-order valence-electron chi connectivity index (χ1n) is 6.59. The zero-order valence-electron chi connectivity index (χ0n) is 10.9. The lowest BCUT2D eigenvalue weighted by atomic mass is 9.90. The standard InChI is InChI=1S/C13H26N2O/c1-4-5-6-11-7-12(14)9-15(8-11)13(16)10(2)3/h10-12H,4-9,14H2,1-3H3. The zero-order chi connectivity index (χ0) is 12.1. The molecular weight excluding hydrogens is 200 g/mol. The molecule has 1 aliphatic rings. The van der Waals surface area contributed by atoms with Crippen molar-refractivity contribution < 1.29 is 4.79 Å². The van der Waals surface area contributed by atoms with E-state index in [2.05, 4.69) is 6.92 Å². The Morgan fingerprint density at radius 3 is 2.69 bits per heavy atom. The molecule has 0 aromatic carbocycles. The van der Waals surface area contributed by atoms with Gasteiger partial charge in [-0.1, -0.05) is 33.6 Å². The molecular formula is C13H26N2O. The summed E-state index contributed by atoms with van der Waals surface area (Å²) in [4.78, 5) is 13.9. The minimum absolute atomic E-state index is 0.0946. The van der Waals surface area contributed by atoms with Gasteiger partial charge in [0.1, 0.15) is 0 Å². The number of unbranched alkanes of at least 4 members (excludes halogenated alkanes) is 1. The maximum absolute atomic E-state index is 11.9. The molecule has 0 aromatic rings. The van der Waals surface area contributed by atoms with E-state index in [1.165, 1.54) is 19.3 Å². The molecule has 2 unspecified atom stereocenters. The predicted molar refractivity (Wildman–Crippen MR) is 67.0 cm³/mol. The summed E-state index contributed by atoms with van der Waals surface area (Å²) < 4.78 is 0. The number of carbonyl (C=O) groups is 1. The maximum Gasteiger partial charge on any atom is 0.225 e. The quantitative estimate of drug-likeness (QED) is 0.797. The van der Waals surface area contributed by atoms with Crippen LogP contribution >= 0.6 is 0 Å². The van der Waals surface area contributed by atoms with Crippen molar-refractivity contribution in [2.24, 2.45) is 17.6 Å². The fraction of sp³-hybridized carbons (Fsp3) is 0.923. The van der Waals surface area contributed by atoms with E-state index in [1.807, 2.05) is 18.7 Å². The van der Waals surface area contributed by atoms with E-state index in [9.17, 15) is 4.79 Å². The van der Waals surface area contributed by atoms with Gasteiger partial charge in [-0.15, -0.1) is 0 Å². The molecule has 1 heterocycles. The van der Waals surface area contributed by atoms with E-state index >= 15 is 0 Å². The van der Waals surface area contributed by atoms with Gasteiger partial charge in [0.25, 0.3) is 0 Å². The molecule has 1 aliphatic heterocycles. The third kappa shape index (κ3) is 3.78. The number of hydrogen-bond acceptors (Lipinski definition) is 2. The highest BCUT2D eigenvalue weighted by Crippen LogP contribution is 2.22. The van der Waals surface area contributed by atoms with Gasteiger partial charge in [-0.2, -0.15) is 0 Å². The maximum atomic E-state index is 11.9. The van der Waals surface area contributed by atoms with Crippen LogP contribution in [0.15, 0.2) is 0 Å². The third-order valence-corrected chi connectivity index (χ3v) is 3.34. The van der Waals surface area contributed by atoms with Crippen molar-refractivity contribution in [1.82, 2.24) is 4.90 Å². The third-order valence-electron chi connectivity index (χ3n) is 3.34. The number of nitrogens with zero attached hydrogens (tertiary/aromatic N) is 1. The number of nitrogens with two attached hydrogens (primary N) is 1. The second kappa shape index (κ2) is 6.24. The summed E-state index contributed by atoms with van der Waals surface area (Å²) in [5.74, 6) is 0.972. The number of piperidine rings is 1. The summed E-state index contributed by atoms with van der Waals surface area (Å²) in [7, 11) is 0. The predicted octanol–water partition coefficient (Wildman–Crippen LogP) is 2.01. The summed E-state index contributed by atoms with van der Waals surface area (Å²) in [5, 5.41) is 0. The van der Waals surface area contributed by atoms with Crippen molar-refractivity contribution in [3.05, 3.63) is 0 Å². The molecule has 2 atom stereocenters. The monoisotopic (exact) mass is 226 g/mol. The molecule has 3 heteroatoms. The van der Waals surface area contributed by atoms with Crippen LogP contribution in [-0.2, 0) is 4.79 Å². The number of carbonyl (C=O) groups excluding carboxylic acids is 1. The van der Waals surface area contributed by atoms with E-state index in [-0.39, 0.29) is 17.9 Å². The van der Waals surface area contributed by atoms with Gasteiger partial charge < -0.3 is 10.6 Å². The molecule has 2 N–H and O–H groups in total. The summed E-state index contributed by atoms with van der Waals surface area (Å²) >= 11 is 0. The van der Waals surface area contributed by atoms with Crippen molar-refractivity contribution in [2.75, 3.05) is 13.1 Å². The lowest BCUT2D eigenvalue weighted by Gasteiger charge is -2.37. The summed E-state index contributed by atoms with van der Waals surface area (Å²) in [5.41, 5.74) is 6.03. The Balaban J connectivity index is 2.50. The van der Waals surface area contributed by atoms with Gasteiger partial charge in [-0.25, -0.2) is 0 Å². The van der Waals surface area contributed by atoms with Crippen LogP contribution in [0.4, 0.5) is 0 Å². The van der Waals surface area contributed by atoms with Gasteiger partial charge in [0.2, 0.25) is 5.91 Å². The number of amides is 1. The molecule has 0 radical (unpaired) electrons. The number of rotatable bonds is 4. The molecule has 0 aliphatic carbocycles. The average Bonchev–Trinajstić information content (AvgIpc) is 2.24. The Morgan fingerprint density at radius 1 is 1.44 bits per heavy atom. The van der Waals surface area contributed by atoms with Crippen molar-refractivity contribution in [1.29, 1.82) is 0 Å². The second-order valence-corrected chi connectivity index (χ2v) is 5.40. The van der Waals surface area contributed by atoms with E-state index in [0.717, 1.165) is 19.5 Å². The normalized spacial score (nSPS) is 26.2. The average molecular weight is 226 g/mol. The van der Waals surface area contributed by atoms with Crippen molar-refractivity contribution in [3.63, 3.8) is 0 Å². The SMILES string of the molecule is CCCCC1CC(N)CN(C(=O)C(C)C)C1. The fourth-order valence-electron chi connectivity index (χ4n) is 2.49. The number of likely N-dealkylation sites (tertiary alicyclic amines) is 1. The van der Waals surface area contributed by atoms with Gasteiger partial charge in [0.15, 0.2) is 0 Å². The van der Waals surface area contributed by atoms with Crippen molar-refractivity contribution in [2.45, 2.75) is 52.5 Å². The van der Waals surface area contributed by atoms with Gasteiger partial charge in [-0.05, 0) is 18.8 Å². The molecule has 1 fully saturated rings. The summed E-state index contributed by atoms with van der Waals surface area (Å²) in [6, 6.07) is 0.179. The largest absolute Gasteiger partial charge is 0.341 e. The Labute approximate surface area is 99.4 Å². The highest BCUT2D eigenvalue weighted by molar-refractivity contribution is 5.78. The van der Waals surface area contributed by atoms with Gasteiger partial charge in [0, 0.05) is 25.0 Å². The van der Waals surface area contributed by atoms with E-state index < -0.39 is 0 Å². The van der Waals surface area contributed by atoms with Crippen molar-refractivity contribution >= 4 is 5.91 Å².